The molecule has 35 heavy (non-hydrogen) atoms. The summed E-state index contributed by atoms with van der Waals surface area (Å²) in [4.78, 5) is 17.4. The summed E-state index contributed by atoms with van der Waals surface area (Å²) < 4.78 is 43.8. The number of carbonyl (C=O) groups is 1. The van der Waals surface area contributed by atoms with Gasteiger partial charge >= 0.3 is 0 Å². The molecular formula is C25H26FN3O6. The summed E-state index contributed by atoms with van der Waals surface area (Å²) in [5, 5.41) is 2.98. The number of nitrogens with one attached hydrogen (secondary N) is 1. The van der Waals surface area contributed by atoms with Crippen LogP contribution < -0.4 is 24.3 Å². The normalized spacial score (nSPS) is 15.6. The van der Waals surface area contributed by atoms with Crippen molar-refractivity contribution in [2.24, 2.45) is 0 Å². The van der Waals surface area contributed by atoms with Gasteiger partial charge in [-0.15, -0.1) is 0 Å². The molecule has 2 aliphatic heterocycles. The number of rotatable bonds is 9. The van der Waals surface area contributed by atoms with Crippen molar-refractivity contribution in [1.29, 1.82) is 0 Å². The van der Waals surface area contributed by atoms with E-state index in [1.807, 2.05) is 0 Å². The Kier molecular flexibility index (Phi) is 7.10. The predicted molar refractivity (Wildman–Crippen MR) is 126 cm³/mol. The van der Waals surface area contributed by atoms with Crippen LogP contribution in [0.25, 0.3) is 10.9 Å². The first-order chi connectivity index (χ1) is 17.2. The second-order valence-corrected chi connectivity index (χ2v) is 8.10. The molecule has 3 heterocycles. The Hall–Kier alpha value is -3.63. The topological polar surface area (TPSA) is 91.4 Å². The molecule has 0 atom stereocenters. The summed E-state index contributed by atoms with van der Waals surface area (Å²) in [6.07, 6.45) is 2.92. The van der Waals surface area contributed by atoms with Crippen molar-refractivity contribution >= 4 is 23.0 Å². The van der Waals surface area contributed by atoms with Gasteiger partial charge in [-0.25, -0.2) is 4.39 Å². The number of hydrogen-bond donors (Lipinski definition) is 1. The molecule has 1 fully saturated rings. The van der Waals surface area contributed by atoms with Gasteiger partial charge in [-0.2, -0.15) is 0 Å². The lowest BCUT2D eigenvalue weighted by molar-refractivity contribution is -0.105. The molecule has 3 aromatic rings. The van der Waals surface area contributed by atoms with Crippen LogP contribution in [0.15, 0.2) is 36.5 Å². The Morgan fingerprint density at radius 1 is 1.03 bits per heavy atom. The molecule has 1 aromatic heterocycles. The Morgan fingerprint density at radius 3 is 2.66 bits per heavy atom. The van der Waals surface area contributed by atoms with Gasteiger partial charge in [0.15, 0.2) is 23.1 Å². The monoisotopic (exact) mass is 483 g/mol. The van der Waals surface area contributed by atoms with E-state index in [1.54, 1.807) is 24.4 Å². The van der Waals surface area contributed by atoms with Crippen LogP contribution in [0.4, 0.5) is 10.1 Å². The quantitative estimate of drug-likeness (QED) is 0.365. The minimum atomic E-state index is -0.618. The van der Waals surface area contributed by atoms with E-state index in [-0.39, 0.29) is 5.75 Å². The van der Waals surface area contributed by atoms with Crippen LogP contribution in [0.5, 0.6) is 28.7 Å². The molecular weight excluding hydrogens is 457 g/mol. The Bertz CT molecular complexity index is 1200. The number of morpholine rings is 1. The molecule has 184 valence electrons. The number of fused-ring (bicyclic) bond motifs is 3. The molecule has 10 heteroatoms. The lowest BCUT2D eigenvalue weighted by atomic mass is 10.1. The van der Waals surface area contributed by atoms with Gasteiger partial charge in [0.05, 0.1) is 30.7 Å². The SMILES string of the molecule is O=CNc1ccc(Oc2ccnc3cc(OCCCN4CCOCC4)c4c(c23)OCCO4)c(F)c1. The first-order valence-electron chi connectivity index (χ1n) is 11.5. The number of pyridine rings is 1. The van der Waals surface area contributed by atoms with Crippen molar-refractivity contribution in [2.45, 2.75) is 6.42 Å². The van der Waals surface area contributed by atoms with Crippen LogP contribution in [0.1, 0.15) is 6.42 Å². The summed E-state index contributed by atoms with van der Waals surface area (Å²) in [6, 6.07) is 7.61. The average Bonchev–Trinajstić information content (AvgIpc) is 2.89. The maximum absolute atomic E-state index is 14.6. The van der Waals surface area contributed by atoms with Crippen LogP contribution >= 0.6 is 0 Å². The van der Waals surface area contributed by atoms with Crippen LogP contribution in [-0.4, -0.2) is 69.0 Å². The third kappa shape index (κ3) is 5.23. The summed E-state index contributed by atoms with van der Waals surface area (Å²) in [7, 11) is 0. The number of aromatic nitrogens is 1. The van der Waals surface area contributed by atoms with Crippen molar-refractivity contribution in [3.63, 3.8) is 0 Å². The summed E-state index contributed by atoms with van der Waals surface area (Å²) in [6.45, 7) is 5.60. The minimum absolute atomic E-state index is 0.00265. The first-order valence-corrected chi connectivity index (χ1v) is 11.5. The molecule has 2 aromatic carbocycles. The van der Waals surface area contributed by atoms with Gasteiger partial charge in [0.25, 0.3) is 0 Å². The van der Waals surface area contributed by atoms with E-state index < -0.39 is 5.82 Å². The summed E-state index contributed by atoms with van der Waals surface area (Å²) in [5.41, 5.74) is 0.906. The highest BCUT2D eigenvalue weighted by Gasteiger charge is 2.25. The highest BCUT2D eigenvalue weighted by atomic mass is 19.1. The van der Waals surface area contributed by atoms with Crippen molar-refractivity contribution in [1.82, 2.24) is 9.88 Å². The minimum Gasteiger partial charge on any atom is -0.489 e. The molecule has 1 N–H and O–H groups in total. The number of amides is 1. The number of benzene rings is 2. The number of halogens is 1. The number of carbonyl (C=O) groups excluding carboxylic acids is 1. The van der Waals surface area contributed by atoms with E-state index >= 15 is 0 Å². The Morgan fingerprint density at radius 2 is 1.86 bits per heavy atom. The van der Waals surface area contributed by atoms with E-state index in [2.05, 4.69) is 15.2 Å². The smallest absolute Gasteiger partial charge is 0.211 e. The Balaban J connectivity index is 1.39. The fraction of sp³-hybridized carbons (Fsp3) is 0.360. The molecule has 0 saturated carbocycles. The highest BCUT2D eigenvalue weighted by Crippen LogP contribution is 2.48. The van der Waals surface area contributed by atoms with Gasteiger partial charge < -0.3 is 29.0 Å². The number of ether oxygens (including phenoxy) is 5. The number of nitrogens with zero attached hydrogens (tertiary/aromatic N) is 2. The lowest BCUT2D eigenvalue weighted by Gasteiger charge is -2.26. The van der Waals surface area contributed by atoms with Crippen molar-refractivity contribution < 1.29 is 32.9 Å². The molecule has 2 aliphatic rings. The van der Waals surface area contributed by atoms with Gasteiger partial charge in [-0.1, -0.05) is 0 Å². The van der Waals surface area contributed by atoms with E-state index in [4.69, 9.17) is 23.7 Å². The summed E-state index contributed by atoms with van der Waals surface area (Å²) in [5.74, 6) is 1.24. The predicted octanol–water partition coefficient (Wildman–Crippen LogP) is 3.61. The zero-order valence-electron chi connectivity index (χ0n) is 19.1. The fourth-order valence-corrected chi connectivity index (χ4v) is 4.12. The molecule has 0 bridgehead atoms. The third-order valence-electron chi connectivity index (χ3n) is 5.80. The van der Waals surface area contributed by atoms with Crippen molar-refractivity contribution in [2.75, 3.05) is 58.0 Å². The first kappa shape index (κ1) is 23.1. The largest absolute Gasteiger partial charge is 0.489 e. The van der Waals surface area contributed by atoms with Gasteiger partial charge in [0.2, 0.25) is 12.2 Å². The molecule has 5 rings (SSSR count). The number of anilines is 1. The molecule has 0 spiro atoms. The average molecular weight is 483 g/mol. The molecule has 0 radical (unpaired) electrons. The van der Waals surface area contributed by atoms with Crippen LogP contribution in [0.3, 0.4) is 0 Å². The molecule has 9 nitrogen and oxygen atoms in total. The maximum Gasteiger partial charge on any atom is 0.211 e. The molecule has 0 aliphatic carbocycles. The van der Waals surface area contributed by atoms with Crippen LogP contribution in [-0.2, 0) is 9.53 Å². The molecule has 1 amide bonds. The molecule has 0 unspecified atom stereocenters. The van der Waals surface area contributed by atoms with Gasteiger partial charge in [-0.3, -0.25) is 14.7 Å². The van der Waals surface area contributed by atoms with Crippen molar-refractivity contribution in [3.05, 3.63) is 42.3 Å². The zero-order chi connectivity index (χ0) is 24.0. The van der Waals surface area contributed by atoms with Gasteiger partial charge in [0, 0.05) is 43.7 Å². The second-order valence-electron chi connectivity index (χ2n) is 8.10. The van der Waals surface area contributed by atoms with Gasteiger partial charge in [0.1, 0.15) is 19.0 Å². The zero-order valence-corrected chi connectivity index (χ0v) is 19.1. The lowest BCUT2D eigenvalue weighted by Crippen LogP contribution is -2.37. The fourth-order valence-electron chi connectivity index (χ4n) is 4.12. The highest BCUT2D eigenvalue weighted by molar-refractivity contribution is 5.95. The van der Waals surface area contributed by atoms with E-state index in [0.29, 0.717) is 65.8 Å². The maximum atomic E-state index is 14.6. The van der Waals surface area contributed by atoms with Crippen LogP contribution in [0, 0.1) is 5.82 Å². The van der Waals surface area contributed by atoms with E-state index in [1.165, 1.54) is 12.1 Å². The third-order valence-corrected chi connectivity index (χ3v) is 5.80. The van der Waals surface area contributed by atoms with Gasteiger partial charge in [-0.05, 0) is 24.6 Å². The summed E-state index contributed by atoms with van der Waals surface area (Å²) >= 11 is 0. The second kappa shape index (κ2) is 10.7. The Labute approximate surface area is 201 Å². The number of hydrogen-bond acceptors (Lipinski definition) is 8. The van der Waals surface area contributed by atoms with Crippen molar-refractivity contribution in [3.8, 4) is 28.7 Å². The van der Waals surface area contributed by atoms with E-state index in [0.717, 1.165) is 39.3 Å². The molecule has 1 saturated heterocycles. The standard InChI is InChI=1S/C25H26FN3O6/c26-18-14-17(28-16-30)2-3-20(18)35-21-4-5-27-19-15-22(24-25(23(19)21)34-13-12-33-24)32-9-1-6-29-7-10-31-11-8-29/h2-5,14-16H,1,6-13H2,(H,28,30). The van der Waals surface area contributed by atoms with Crippen LogP contribution in [0.2, 0.25) is 0 Å². The van der Waals surface area contributed by atoms with E-state index in [9.17, 15) is 9.18 Å².